The molecule has 3 nitrogen and oxygen atoms in total. The lowest BCUT2D eigenvalue weighted by atomic mass is 10.1. The van der Waals surface area contributed by atoms with Gasteiger partial charge in [-0.2, -0.15) is 0 Å². The third-order valence-electron chi connectivity index (χ3n) is 2.74. The molecule has 0 fully saturated rings. The van der Waals surface area contributed by atoms with Gasteiger partial charge in [-0.25, -0.2) is 0 Å². The molecule has 1 aromatic carbocycles. The maximum Gasteiger partial charge on any atom is 0.130 e. The lowest BCUT2D eigenvalue weighted by molar-refractivity contribution is 0.301. The first-order valence-electron chi connectivity index (χ1n) is 6.06. The standard InChI is InChI=1S/C15H18N2O/c1-11-4-3-5-14(17-11)10-18-15-8-6-13(7-9-15)12(2)16/h3-9,12H,10,16H2,1-2H3/t12-/m0/s1. The van der Waals surface area contributed by atoms with Gasteiger partial charge < -0.3 is 10.5 Å². The van der Waals surface area contributed by atoms with Crippen LogP contribution in [0.1, 0.15) is 29.9 Å². The van der Waals surface area contributed by atoms with Crippen LogP contribution in [0.4, 0.5) is 0 Å². The SMILES string of the molecule is Cc1cccc(COc2ccc([C@H](C)N)cc2)n1. The number of nitrogens with zero attached hydrogens (tertiary/aromatic N) is 1. The van der Waals surface area contributed by atoms with Crippen molar-refractivity contribution >= 4 is 0 Å². The van der Waals surface area contributed by atoms with Crippen molar-refractivity contribution < 1.29 is 4.74 Å². The topological polar surface area (TPSA) is 48.1 Å². The number of benzene rings is 1. The zero-order chi connectivity index (χ0) is 13.0. The number of hydrogen-bond donors (Lipinski definition) is 1. The van der Waals surface area contributed by atoms with E-state index in [9.17, 15) is 0 Å². The van der Waals surface area contributed by atoms with Crippen LogP contribution in [0.2, 0.25) is 0 Å². The molecule has 2 N–H and O–H groups in total. The highest BCUT2D eigenvalue weighted by Gasteiger charge is 2.00. The van der Waals surface area contributed by atoms with Crippen LogP contribution >= 0.6 is 0 Å². The molecule has 18 heavy (non-hydrogen) atoms. The van der Waals surface area contributed by atoms with Crippen LogP contribution in [-0.4, -0.2) is 4.98 Å². The molecule has 0 radical (unpaired) electrons. The number of ether oxygens (including phenoxy) is 1. The summed E-state index contributed by atoms with van der Waals surface area (Å²) >= 11 is 0. The Morgan fingerprint density at radius 1 is 1.17 bits per heavy atom. The van der Waals surface area contributed by atoms with Crippen LogP contribution in [0.5, 0.6) is 5.75 Å². The first kappa shape index (κ1) is 12.6. The number of hydrogen-bond acceptors (Lipinski definition) is 3. The molecule has 0 saturated heterocycles. The Labute approximate surface area is 108 Å². The van der Waals surface area contributed by atoms with Gasteiger partial charge in [-0.05, 0) is 43.7 Å². The Bertz CT molecular complexity index is 506. The first-order valence-corrected chi connectivity index (χ1v) is 6.06. The zero-order valence-electron chi connectivity index (χ0n) is 10.8. The van der Waals surface area contributed by atoms with E-state index in [1.54, 1.807) is 0 Å². The van der Waals surface area contributed by atoms with Crippen molar-refractivity contribution in [1.29, 1.82) is 0 Å². The molecule has 2 aromatic rings. The maximum absolute atomic E-state index is 5.79. The van der Waals surface area contributed by atoms with Gasteiger partial charge in [0.25, 0.3) is 0 Å². The van der Waals surface area contributed by atoms with E-state index in [1.165, 1.54) is 0 Å². The fourth-order valence-electron chi connectivity index (χ4n) is 1.70. The summed E-state index contributed by atoms with van der Waals surface area (Å²) in [6, 6.07) is 13.8. The lowest BCUT2D eigenvalue weighted by Gasteiger charge is -2.09. The van der Waals surface area contributed by atoms with Crippen LogP contribution in [0.25, 0.3) is 0 Å². The molecule has 0 saturated carbocycles. The molecule has 1 aromatic heterocycles. The largest absolute Gasteiger partial charge is 0.487 e. The van der Waals surface area contributed by atoms with Gasteiger partial charge >= 0.3 is 0 Å². The van der Waals surface area contributed by atoms with Crippen LogP contribution in [0.15, 0.2) is 42.5 Å². The van der Waals surface area contributed by atoms with Crippen molar-refractivity contribution in [1.82, 2.24) is 4.98 Å². The fourth-order valence-corrected chi connectivity index (χ4v) is 1.70. The predicted octanol–water partition coefficient (Wildman–Crippen LogP) is 2.99. The van der Waals surface area contributed by atoms with Gasteiger partial charge in [-0.1, -0.05) is 18.2 Å². The normalized spacial score (nSPS) is 12.2. The predicted molar refractivity (Wildman–Crippen MR) is 72.4 cm³/mol. The van der Waals surface area contributed by atoms with Gasteiger partial charge in [0, 0.05) is 11.7 Å². The van der Waals surface area contributed by atoms with Crippen molar-refractivity contribution in [2.45, 2.75) is 26.5 Å². The minimum atomic E-state index is 0.0532. The molecule has 0 aliphatic rings. The average Bonchev–Trinajstić information content (AvgIpc) is 2.37. The van der Waals surface area contributed by atoms with Gasteiger partial charge in [0.2, 0.25) is 0 Å². The first-order chi connectivity index (χ1) is 8.65. The molecule has 0 unspecified atom stereocenters. The van der Waals surface area contributed by atoms with Crippen molar-refractivity contribution in [3.8, 4) is 5.75 Å². The summed E-state index contributed by atoms with van der Waals surface area (Å²) < 4.78 is 5.68. The number of aryl methyl sites for hydroxylation is 1. The summed E-state index contributed by atoms with van der Waals surface area (Å²) in [5.74, 6) is 0.836. The Morgan fingerprint density at radius 3 is 2.50 bits per heavy atom. The van der Waals surface area contributed by atoms with Crippen molar-refractivity contribution in [2.75, 3.05) is 0 Å². The van der Waals surface area contributed by atoms with Crippen LogP contribution in [0.3, 0.4) is 0 Å². The molecule has 1 heterocycles. The molecular weight excluding hydrogens is 224 g/mol. The van der Waals surface area contributed by atoms with Crippen molar-refractivity contribution in [3.63, 3.8) is 0 Å². The Balaban J connectivity index is 1.98. The molecule has 3 heteroatoms. The Hall–Kier alpha value is -1.87. The molecule has 2 rings (SSSR count). The Morgan fingerprint density at radius 2 is 1.89 bits per heavy atom. The third-order valence-corrected chi connectivity index (χ3v) is 2.74. The minimum Gasteiger partial charge on any atom is -0.487 e. The number of aromatic nitrogens is 1. The highest BCUT2D eigenvalue weighted by atomic mass is 16.5. The van der Waals surface area contributed by atoms with Gasteiger partial charge in [0.1, 0.15) is 12.4 Å². The summed E-state index contributed by atoms with van der Waals surface area (Å²) in [7, 11) is 0. The molecule has 0 aliphatic heterocycles. The van der Waals surface area contributed by atoms with E-state index >= 15 is 0 Å². The molecule has 94 valence electrons. The average molecular weight is 242 g/mol. The second-order valence-electron chi connectivity index (χ2n) is 4.42. The molecule has 0 bridgehead atoms. The second kappa shape index (κ2) is 5.65. The molecule has 0 spiro atoms. The summed E-state index contributed by atoms with van der Waals surface area (Å²) in [6.07, 6.45) is 0. The highest BCUT2D eigenvalue weighted by molar-refractivity contribution is 5.28. The van der Waals surface area contributed by atoms with Crippen LogP contribution < -0.4 is 10.5 Å². The van der Waals surface area contributed by atoms with E-state index in [1.807, 2.05) is 56.3 Å². The molecule has 1 atom stereocenters. The van der Waals surface area contributed by atoms with Gasteiger partial charge in [-0.15, -0.1) is 0 Å². The van der Waals surface area contributed by atoms with E-state index in [4.69, 9.17) is 10.5 Å². The van der Waals surface area contributed by atoms with E-state index in [0.29, 0.717) is 6.61 Å². The van der Waals surface area contributed by atoms with E-state index in [-0.39, 0.29) is 6.04 Å². The molecule has 0 aliphatic carbocycles. The van der Waals surface area contributed by atoms with E-state index in [0.717, 1.165) is 22.7 Å². The smallest absolute Gasteiger partial charge is 0.130 e. The number of rotatable bonds is 4. The van der Waals surface area contributed by atoms with E-state index in [2.05, 4.69) is 4.98 Å². The summed E-state index contributed by atoms with van der Waals surface area (Å²) in [5, 5.41) is 0. The second-order valence-corrected chi connectivity index (χ2v) is 4.42. The van der Waals surface area contributed by atoms with Crippen molar-refractivity contribution in [3.05, 3.63) is 59.4 Å². The fraction of sp³-hybridized carbons (Fsp3) is 0.267. The number of pyridine rings is 1. The van der Waals surface area contributed by atoms with Crippen LogP contribution in [-0.2, 0) is 6.61 Å². The summed E-state index contributed by atoms with van der Waals surface area (Å²) in [5.41, 5.74) is 8.84. The lowest BCUT2D eigenvalue weighted by Crippen LogP contribution is -2.04. The summed E-state index contributed by atoms with van der Waals surface area (Å²) in [4.78, 5) is 4.39. The Kier molecular flexibility index (Phi) is 3.95. The zero-order valence-corrected chi connectivity index (χ0v) is 10.8. The van der Waals surface area contributed by atoms with Gasteiger partial charge in [-0.3, -0.25) is 4.98 Å². The minimum absolute atomic E-state index is 0.0532. The maximum atomic E-state index is 5.79. The summed E-state index contributed by atoms with van der Waals surface area (Å²) in [6.45, 7) is 4.42. The third kappa shape index (κ3) is 3.31. The van der Waals surface area contributed by atoms with Gasteiger partial charge in [0.05, 0.1) is 5.69 Å². The van der Waals surface area contributed by atoms with Crippen molar-refractivity contribution in [2.24, 2.45) is 5.73 Å². The van der Waals surface area contributed by atoms with E-state index < -0.39 is 0 Å². The number of nitrogens with two attached hydrogens (primary N) is 1. The monoisotopic (exact) mass is 242 g/mol. The molecular formula is C15H18N2O. The highest BCUT2D eigenvalue weighted by Crippen LogP contribution is 2.17. The quantitative estimate of drug-likeness (QED) is 0.896. The molecule has 0 amide bonds. The van der Waals surface area contributed by atoms with Gasteiger partial charge in [0.15, 0.2) is 0 Å². The van der Waals surface area contributed by atoms with Crippen LogP contribution in [0, 0.1) is 6.92 Å².